The third kappa shape index (κ3) is 4.79. The maximum Gasteiger partial charge on any atom is 0.410 e. The van der Waals surface area contributed by atoms with Crippen LogP contribution in [-0.4, -0.2) is 29.2 Å². The van der Waals surface area contributed by atoms with Crippen LogP contribution >= 0.6 is 15.9 Å². The highest BCUT2D eigenvalue weighted by Crippen LogP contribution is 2.28. The zero-order chi connectivity index (χ0) is 18.7. The number of amides is 1. The predicted octanol–water partition coefficient (Wildman–Crippen LogP) is 5.22. The lowest BCUT2D eigenvalue weighted by molar-refractivity contribution is 0.0156. The van der Waals surface area contributed by atoms with E-state index in [0.29, 0.717) is 13.1 Å². The van der Waals surface area contributed by atoms with E-state index in [0.717, 1.165) is 22.1 Å². The Bertz CT molecular complexity index is 771. The van der Waals surface area contributed by atoms with Crippen LogP contribution in [-0.2, 0) is 17.7 Å². The van der Waals surface area contributed by atoms with Crippen molar-refractivity contribution in [1.82, 2.24) is 4.90 Å². The number of hydrogen-bond donors (Lipinski definition) is 1. The summed E-state index contributed by atoms with van der Waals surface area (Å²) in [5.74, 6) is 0. The van der Waals surface area contributed by atoms with Gasteiger partial charge in [-0.3, -0.25) is 4.90 Å². The number of carbonyl (C=O) groups excluding carboxylic acids is 1. The zero-order valence-corrected chi connectivity index (χ0v) is 17.0. The minimum atomic E-state index is -0.520. The molecule has 1 N–H and O–H groups in total. The summed E-state index contributed by atoms with van der Waals surface area (Å²) in [6.07, 6.45) is 0.510. The molecule has 1 amide bonds. The molecule has 0 aliphatic carbocycles. The Balaban J connectivity index is 1.89. The lowest BCUT2D eigenvalue weighted by atomic mass is 10.0. The van der Waals surface area contributed by atoms with E-state index in [9.17, 15) is 4.79 Å². The number of nitrogens with zero attached hydrogens (tertiary/aromatic N) is 1. The highest BCUT2D eigenvalue weighted by Gasteiger charge is 2.31. The van der Waals surface area contributed by atoms with Crippen LogP contribution in [0.15, 0.2) is 53.0 Å². The Morgan fingerprint density at radius 3 is 2.65 bits per heavy atom. The Labute approximate surface area is 163 Å². The average molecular weight is 417 g/mol. The number of halogens is 1. The second-order valence-electron chi connectivity index (χ2n) is 7.63. The summed E-state index contributed by atoms with van der Waals surface area (Å²) in [5.41, 5.74) is 2.84. The fourth-order valence-electron chi connectivity index (χ4n) is 3.12. The molecule has 0 spiro atoms. The van der Waals surface area contributed by atoms with Gasteiger partial charge in [-0.15, -0.1) is 0 Å². The Kier molecular flexibility index (Phi) is 5.56. The fraction of sp³-hybridized carbons (Fsp3) is 0.381. The number of carbonyl (C=O) groups is 1. The number of nitrogens with one attached hydrogen (secondary N) is 1. The minimum Gasteiger partial charge on any atom is -0.444 e. The number of hydrogen-bond acceptors (Lipinski definition) is 3. The van der Waals surface area contributed by atoms with Crippen LogP contribution < -0.4 is 5.32 Å². The van der Waals surface area contributed by atoms with Gasteiger partial charge in [0.1, 0.15) is 5.60 Å². The Morgan fingerprint density at radius 2 is 1.96 bits per heavy atom. The maximum atomic E-state index is 12.9. The van der Waals surface area contributed by atoms with Crippen LogP contribution in [0.25, 0.3) is 0 Å². The number of rotatable bonds is 2. The molecule has 0 fully saturated rings. The molecule has 0 saturated heterocycles. The molecule has 1 heterocycles. The van der Waals surface area contributed by atoms with E-state index in [1.165, 1.54) is 5.56 Å². The third-order valence-electron chi connectivity index (χ3n) is 4.32. The van der Waals surface area contributed by atoms with Crippen molar-refractivity contribution in [3.05, 3.63) is 64.1 Å². The molecular formula is C21H25BrN2O2. The molecule has 26 heavy (non-hydrogen) atoms. The van der Waals surface area contributed by atoms with Crippen molar-refractivity contribution < 1.29 is 9.53 Å². The first-order chi connectivity index (χ1) is 12.3. The van der Waals surface area contributed by atoms with E-state index in [1.807, 2.05) is 49.9 Å². The predicted molar refractivity (Wildman–Crippen MR) is 108 cm³/mol. The molecule has 0 aromatic heterocycles. The standard InChI is InChI=1S/C21H25BrN2O2/c1-21(2,3)26-20(25)24-14-16-12-17(22)9-10-19(16)23-13-18(24)11-15-7-5-4-6-8-15/h4-10,12,18,23H,11,13-14H2,1-3H3/t18-/m1/s1. The molecule has 138 valence electrons. The monoisotopic (exact) mass is 416 g/mol. The number of anilines is 1. The summed E-state index contributed by atoms with van der Waals surface area (Å²) >= 11 is 3.53. The summed E-state index contributed by atoms with van der Waals surface area (Å²) in [4.78, 5) is 14.8. The van der Waals surface area contributed by atoms with Crippen LogP contribution in [0.5, 0.6) is 0 Å². The minimum absolute atomic E-state index is 0.0124. The molecule has 0 saturated carbocycles. The topological polar surface area (TPSA) is 41.6 Å². The van der Waals surface area contributed by atoms with E-state index in [-0.39, 0.29) is 12.1 Å². The van der Waals surface area contributed by atoms with Crippen molar-refractivity contribution in [1.29, 1.82) is 0 Å². The van der Waals surface area contributed by atoms with Gasteiger partial charge in [0.15, 0.2) is 0 Å². The van der Waals surface area contributed by atoms with Crippen LogP contribution in [0.2, 0.25) is 0 Å². The molecule has 0 bridgehead atoms. The molecule has 1 aliphatic rings. The molecule has 5 heteroatoms. The van der Waals surface area contributed by atoms with Gasteiger partial charge < -0.3 is 10.1 Å². The summed E-state index contributed by atoms with van der Waals surface area (Å²) in [7, 11) is 0. The molecule has 0 unspecified atom stereocenters. The highest BCUT2D eigenvalue weighted by molar-refractivity contribution is 9.10. The summed E-state index contributed by atoms with van der Waals surface area (Å²) in [6.45, 7) is 6.91. The first-order valence-corrected chi connectivity index (χ1v) is 9.67. The molecule has 0 radical (unpaired) electrons. The van der Waals surface area contributed by atoms with Crippen LogP contribution in [0.1, 0.15) is 31.9 Å². The SMILES string of the molecule is CC(C)(C)OC(=O)N1Cc2cc(Br)ccc2NC[C@H]1Cc1ccccc1. The van der Waals surface area contributed by atoms with E-state index in [4.69, 9.17) is 4.74 Å². The smallest absolute Gasteiger partial charge is 0.410 e. The summed E-state index contributed by atoms with van der Waals surface area (Å²) in [5, 5.41) is 3.50. The van der Waals surface area contributed by atoms with Gasteiger partial charge in [-0.1, -0.05) is 46.3 Å². The van der Waals surface area contributed by atoms with E-state index >= 15 is 0 Å². The molecular weight excluding hydrogens is 392 g/mol. The van der Waals surface area contributed by atoms with E-state index < -0.39 is 5.60 Å². The lowest BCUT2D eigenvalue weighted by Crippen LogP contribution is -2.45. The van der Waals surface area contributed by atoms with Gasteiger partial charge in [-0.25, -0.2) is 4.79 Å². The van der Waals surface area contributed by atoms with Crippen molar-refractivity contribution in [2.75, 3.05) is 11.9 Å². The van der Waals surface area contributed by atoms with Gasteiger partial charge in [-0.2, -0.15) is 0 Å². The van der Waals surface area contributed by atoms with Crippen LogP contribution in [0, 0.1) is 0 Å². The lowest BCUT2D eigenvalue weighted by Gasteiger charge is -2.32. The molecule has 3 rings (SSSR count). The molecule has 2 aromatic rings. The van der Waals surface area contributed by atoms with Gasteiger partial charge in [-0.05, 0) is 56.5 Å². The van der Waals surface area contributed by atoms with Crippen LogP contribution in [0.3, 0.4) is 0 Å². The van der Waals surface area contributed by atoms with E-state index in [2.05, 4.69) is 45.5 Å². The number of ether oxygens (including phenoxy) is 1. The van der Waals surface area contributed by atoms with Crippen molar-refractivity contribution >= 4 is 27.7 Å². The van der Waals surface area contributed by atoms with Crippen molar-refractivity contribution in [3.63, 3.8) is 0 Å². The largest absolute Gasteiger partial charge is 0.444 e. The van der Waals surface area contributed by atoms with Crippen molar-refractivity contribution in [2.45, 2.75) is 45.4 Å². The maximum absolute atomic E-state index is 12.9. The molecule has 1 aliphatic heterocycles. The van der Waals surface area contributed by atoms with Crippen molar-refractivity contribution in [3.8, 4) is 0 Å². The normalized spacial score (nSPS) is 17.1. The first-order valence-electron chi connectivity index (χ1n) is 8.88. The fourth-order valence-corrected chi connectivity index (χ4v) is 3.53. The first kappa shape index (κ1) is 18.8. The highest BCUT2D eigenvalue weighted by atomic mass is 79.9. The average Bonchev–Trinajstić information content (AvgIpc) is 2.74. The Morgan fingerprint density at radius 1 is 1.23 bits per heavy atom. The van der Waals surface area contributed by atoms with Gasteiger partial charge in [0.05, 0.1) is 12.6 Å². The second-order valence-corrected chi connectivity index (χ2v) is 8.55. The van der Waals surface area contributed by atoms with Gasteiger partial charge in [0.2, 0.25) is 0 Å². The summed E-state index contributed by atoms with van der Waals surface area (Å²) in [6, 6.07) is 16.4. The van der Waals surface area contributed by atoms with Gasteiger partial charge >= 0.3 is 6.09 Å². The number of benzene rings is 2. The van der Waals surface area contributed by atoms with Crippen LogP contribution in [0.4, 0.5) is 10.5 Å². The zero-order valence-electron chi connectivity index (χ0n) is 15.5. The number of fused-ring (bicyclic) bond motifs is 1. The Hall–Kier alpha value is -2.01. The molecule has 1 atom stereocenters. The third-order valence-corrected chi connectivity index (χ3v) is 4.81. The second kappa shape index (κ2) is 7.70. The molecule has 4 nitrogen and oxygen atoms in total. The van der Waals surface area contributed by atoms with Crippen molar-refractivity contribution in [2.24, 2.45) is 0 Å². The van der Waals surface area contributed by atoms with Gasteiger partial charge in [0.25, 0.3) is 0 Å². The quantitative estimate of drug-likeness (QED) is 0.728. The van der Waals surface area contributed by atoms with E-state index in [1.54, 1.807) is 0 Å². The van der Waals surface area contributed by atoms with Gasteiger partial charge in [0, 0.05) is 16.7 Å². The molecule has 2 aromatic carbocycles. The summed E-state index contributed by atoms with van der Waals surface area (Å²) < 4.78 is 6.70.